The van der Waals surface area contributed by atoms with Crippen LogP contribution < -0.4 is 4.72 Å². The zero-order valence-electron chi connectivity index (χ0n) is 10.9. The second-order valence-electron chi connectivity index (χ2n) is 4.55. The molecule has 0 aromatic carbocycles. The van der Waals surface area contributed by atoms with Crippen molar-refractivity contribution in [2.45, 2.75) is 30.4 Å². The molecule has 1 aromatic rings. The van der Waals surface area contributed by atoms with Gasteiger partial charge in [0.1, 0.15) is 4.21 Å². The van der Waals surface area contributed by atoms with Gasteiger partial charge in [0, 0.05) is 25.0 Å². The fraction of sp³-hybridized carbons (Fsp3) is 0.583. The summed E-state index contributed by atoms with van der Waals surface area (Å²) in [5.74, 6) is -0.0642. The molecule has 0 aliphatic carbocycles. The summed E-state index contributed by atoms with van der Waals surface area (Å²) in [4.78, 5) is 13.9. The largest absolute Gasteiger partial charge is 0.339 e. The van der Waals surface area contributed by atoms with Crippen LogP contribution in [0.15, 0.2) is 15.7 Å². The third-order valence-corrected chi connectivity index (χ3v) is 5.92. The molecule has 1 saturated heterocycles. The lowest BCUT2D eigenvalue weighted by Crippen LogP contribution is -2.27. The molecule has 1 aliphatic rings. The number of rotatable bonds is 5. The lowest BCUT2D eigenvalue weighted by Gasteiger charge is -2.13. The molecule has 1 N–H and O–H groups in total. The molecule has 2 heterocycles. The van der Waals surface area contributed by atoms with Crippen LogP contribution in [0.2, 0.25) is 0 Å². The second kappa shape index (κ2) is 6.02. The van der Waals surface area contributed by atoms with Crippen LogP contribution in [0, 0.1) is 0 Å². The Morgan fingerprint density at radius 3 is 2.74 bits per heavy atom. The lowest BCUT2D eigenvalue weighted by atomic mass is 10.3. The Labute approximate surface area is 117 Å². The topological polar surface area (TPSA) is 66.5 Å². The molecule has 0 spiro atoms. The summed E-state index contributed by atoms with van der Waals surface area (Å²) < 4.78 is 26.6. The summed E-state index contributed by atoms with van der Waals surface area (Å²) in [6.45, 7) is 3.85. The first-order valence-electron chi connectivity index (χ1n) is 6.42. The molecule has 7 heteroatoms. The Morgan fingerprint density at radius 2 is 2.11 bits per heavy atom. The van der Waals surface area contributed by atoms with Crippen molar-refractivity contribution in [2.24, 2.45) is 0 Å². The van der Waals surface area contributed by atoms with E-state index in [0.29, 0.717) is 12.1 Å². The van der Waals surface area contributed by atoms with E-state index in [1.165, 1.54) is 6.07 Å². The van der Waals surface area contributed by atoms with Gasteiger partial charge in [0.15, 0.2) is 0 Å². The van der Waals surface area contributed by atoms with Crippen molar-refractivity contribution in [3.05, 3.63) is 17.0 Å². The number of hydrogen-bond donors (Lipinski definition) is 1. The Morgan fingerprint density at radius 1 is 1.42 bits per heavy atom. The van der Waals surface area contributed by atoms with Crippen molar-refractivity contribution in [2.75, 3.05) is 19.6 Å². The SMILES string of the molecule is CCCNS(=O)(=O)c1cc(C(=O)N2CCCC2)cs1. The van der Waals surface area contributed by atoms with Crippen molar-refractivity contribution in [3.8, 4) is 0 Å². The van der Waals surface area contributed by atoms with Crippen molar-refractivity contribution in [1.82, 2.24) is 9.62 Å². The van der Waals surface area contributed by atoms with Crippen LogP contribution in [0.5, 0.6) is 0 Å². The Balaban J connectivity index is 2.12. The molecule has 0 bridgehead atoms. The second-order valence-corrected chi connectivity index (χ2v) is 7.46. The lowest BCUT2D eigenvalue weighted by molar-refractivity contribution is 0.0793. The molecule has 19 heavy (non-hydrogen) atoms. The van der Waals surface area contributed by atoms with E-state index in [4.69, 9.17) is 0 Å². The highest BCUT2D eigenvalue weighted by atomic mass is 32.2. The zero-order valence-corrected chi connectivity index (χ0v) is 12.5. The maximum atomic E-state index is 12.1. The van der Waals surface area contributed by atoms with Crippen LogP contribution in [0.25, 0.3) is 0 Å². The van der Waals surface area contributed by atoms with Gasteiger partial charge < -0.3 is 4.90 Å². The predicted octanol–water partition coefficient (Wildman–Crippen LogP) is 1.67. The predicted molar refractivity (Wildman–Crippen MR) is 74.9 cm³/mol. The number of hydrogen-bond acceptors (Lipinski definition) is 4. The van der Waals surface area contributed by atoms with Gasteiger partial charge in [0.25, 0.3) is 5.91 Å². The summed E-state index contributed by atoms with van der Waals surface area (Å²) in [5.41, 5.74) is 0.476. The average molecular weight is 302 g/mol. The average Bonchev–Trinajstić information content (AvgIpc) is 3.06. The Kier molecular flexibility index (Phi) is 4.59. The molecule has 1 amide bonds. The summed E-state index contributed by atoms with van der Waals surface area (Å²) in [5, 5.41) is 1.63. The van der Waals surface area contributed by atoms with E-state index in [2.05, 4.69) is 4.72 Å². The van der Waals surface area contributed by atoms with Gasteiger partial charge in [-0.15, -0.1) is 11.3 Å². The minimum absolute atomic E-state index is 0.0642. The number of nitrogens with zero attached hydrogens (tertiary/aromatic N) is 1. The zero-order chi connectivity index (χ0) is 13.9. The van der Waals surface area contributed by atoms with Gasteiger partial charge in [0.05, 0.1) is 5.56 Å². The van der Waals surface area contributed by atoms with Crippen molar-refractivity contribution in [1.29, 1.82) is 0 Å². The van der Waals surface area contributed by atoms with Crippen molar-refractivity contribution in [3.63, 3.8) is 0 Å². The standard InChI is InChI=1S/C12H18N2O3S2/c1-2-5-13-19(16,17)11-8-10(9-18-11)12(15)14-6-3-4-7-14/h8-9,13H,2-7H2,1H3. The normalized spacial score (nSPS) is 15.9. The molecule has 0 unspecified atom stereocenters. The molecule has 5 nitrogen and oxygen atoms in total. The summed E-state index contributed by atoms with van der Waals surface area (Å²) in [7, 11) is -3.46. The first kappa shape index (κ1) is 14.5. The number of sulfonamides is 1. The monoisotopic (exact) mass is 302 g/mol. The molecule has 1 aromatic heterocycles. The van der Waals surface area contributed by atoms with Gasteiger partial charge in [-0.1, -0.05) is 6.92 Å². The molecular formula is C12H18N2O3S2. The highest BCUT2D eigenvalue weighted by Gasteiger charge is 2.23. The van der Waals surface area contributed by atoms with Gasteiger partial charge in [0.2, 0.25) is 10.0 Å². The molecule has 1 fully saturated rings. The number of carbonyl (C=O) groups is 1. The van der Waals surface area contributed by atoms with E-state index in [9.17, 15) is 13.2 Å². The van der Waals surface area contributed by atoms with Crippen LogP contribution in [0.4, 0.5) is 0 Å². The van der Waals surface area contributed by atoms with Crippen LogP contribution in [-0.2, 0) is 10.0 Å². The van der Waals surface area contributed by atoms with Gasteiger partial charge in [-0.05, 0) is 25.3 Å². The van der Waals surface area contributed by atoms with Crippen LogP contribution >= 0.6 is 11.3 Å². The third kappa shape index (κ3) is 3.34. The van der Waals surface area contributed by atoms with E-state index < -0.39 is 10.0 Å². The Hall–Kier alpha value is -0.920. The first-order chi connectivity index (χ1) is 9.04. The smallest absolute Gasteiger partial charge is 0.254 e. The number of amides is 1. The maximum absolute atomic E-state index is 12.1. The molecule has 106 valence electrons. The third-order valence-electron chi connectivity index (χ3n) is 3.02. The van der Waals surface area contributed by atoms with Crippen molar-refractivity contribution >= 4 is 27.3 Å². The van der Waals surface area contributed by atoms with Gasteiger partial charge in [-0.3, -0.25) is 4.79 Å². The quantitative estimate of drug-likeness (QED) is 0.900. The minimum atomic E-state index is -3.46. The molecule has 1 aliphatic heterocycles. The summed E-state index contributed by atoms with van der Waals surface area (Å²) in [6, 6.07) is 1.48. The first-order valence-corrected chi connectivity index (χ1v) is 8.78. The number of thiophene rings is 1. The van der Waals surface area contributed by atoms with Gasteiger partial charge in [-0.2, -0.15) is 0 Å². The summed E-state index contributed by atoms with van der Waals surface area (Å²) in [6.07, 6.45) is 2.79. The van der Waals surface area contributed by atoms with E-state index in [1.54, 1.807) is 10.3 Å². The minimum Gasteiger partial charge on any atom is -0.339 e. The van der Waals surface area contributed by atoms with E-state index in [0.717, 1.165) is 43.7 Å². The number of likely N-dealkylation sites (tertiary alicyclic amines) is 1. The molecule has 0 radical (unpaired) electrons. The van der Waals surface area contributed by atoms with E-state index >= 15 is 0 Å². The van der Waals surface area contributed by atoms with Crippen LogP contribution in [0.3, 0.4) is 0 Å². The number of nitrogens with one attached hydrogen (secondary N) is 1. The molecule has 2 rings (SSSR count). The Bertz CT molecular complexity index is 545. The van der Waals surface area contributed by atoms with Crippen LogP contribution in [-0.4, -0.2) is 38.9 Å². The van der Waals surface area contributed by atoms with Gasteiger partial charge in [-0.25, -0.2) is 13.1 Å². The van der Waals surface area contributed by atoms with Crippen molar-refractivity contribution < 1.29 is 13.2 Å². The highest BCUT2D eigenvalue weighted by molar-refractivity contribution is 7.91. The molecular weight excluding hydrogens is 284 g/mol. The summed E-state index contributed by atoms with van der Waals surface area (Å²) >= 11 is 1.10. The maximum Gasteiger partial charge on any atom is 0.254 e. The fourth-order valence-electron chi connectivity index (χ4n) is 1.98. The van der Waals surface area contributed by atoms with Gasteiger partial charge >= 0.3 is 0 Å². The molecule has 0 saturated carbocycles. The van der Waals surface area contributed by atoms with Crippen LogP contribution in [0.1, 0.15) is 36.5 Å². The fourth-order valence-corrected chi connectivity index (χ4v) is 4.31. The number of carbonyl (C=O) groups excluding carboxylic acids is 1. The van der Waals surface area contributed by atoms with E-state index in [1.807, 2.05) is 6.92 Å². The molecule has 0 atom stereocenters. The van der Waals surface area contributed by atoms with E-state index in [-0.39, 0.29) is 10.1 Å². The highest BCUT2D eigenvalue weighted by Crippen LogP contribution is 2.22.